The number of nitrogens with one attached hydrogen (secondary N) is 2. The second-order valence-electron chi connectivity index (χ2n) is 4.72. The molecule has 7 heteroatoms. The fraction of sp³-hybridized carbons (Fsp3) is 0.118. The van der Waals surface area contributed by atoms with E-state index in [2.05, 4.69) is 15.8 Å². The monoisotopic (exact) mass is 345 g/mol. The molecule has 2 N–H and O–H groups in total. The summed E-state index contributed by atoms with van der Waals surface area (Å²) in [4.78, 5) is 23.2. The van der Waals surface area contributed by atoms with Crippen LogP contribution in [0.3, 0.4) is 0 Å². The van der Waals surface area contributed by atoms with Crippen molar-refractivity contribution >= 4 is 29.6 Å². The molecule has 6 nitrogen and oxygen atoms in total. The number of carbonyl (C=O) groups excluding carboxylic acids is 2. The van der Waals surface area contributed by atoms with Crippen LogP contribution in [0.4, 0.5) is 0 Å². The average Bonchev–Trinajstić information content (AvgIpc) is 2.60. The Kier molecular flexibility index (Phi) is 6.79. The molecule has 0 atom stereocenters. The van der Waals surface area contributed by atoms with Crippen LogP contribution in [-0.4, -0.2) is 31.2 Å². The summed E-state index contributed by atoms with van der Waals surface area (Å²) in [6.45, 7) is -0.378. The minimum atomic E-state index is -0.429. The third-order valence-electron chi connectivity index (χ3n) is 2.83. The van der Waals surface area contributed by atoms with Crippen molar-refractivity contribution in [3.8, 4) is 5.75 Å². The van der Waals surface area contributed by atoms with Crippen LogP contribution >= 0.6 is 11.6 Å². The zero-order valence-electron chi connectivity index (χ0n) is 12.7. The Morgan fingerprint density at radius 3 is 2.46 bits per heavy atom. The molecule has 124 valence electrons. The van der Waals surface area contributed by atoms with Crippen LogP contribution < -0.4 is 15.5 Å². The molecule has 0 unspecified atom stereocenters. The number of ether oxygens (including phenoxy) is 1. The fourth-order valence-electron chi connectivity index (χ4n) is 1.67. The van der Waals surface area contributed by atoms with Gasteiger partial charge in [0, 0.05) is 5.02 Å². The van der Waals surface area contributed by atoms with E-state index in [1.165, 1.54) is 6.21 Å². The van der Waals surface area contributed by atoms with Crippen molar-refractivity contribution < 1.29 is 14.3 Å². The van der Waals surface area contributed by atoms with Crippen molar-refractivity contribution in [2.75, 3.05) is 13.2 Å². The van der Waals surface area contributed by atoms with Gasteiger partial charge >= 0.3 is 0 Å². The van der Waals surface area contributed by atoms with E-state index in [0.29, 0.717) is 10.8 Å². The minimum absolute atomic E-state index is 0.186. The van der Waals surface area contributed by atoms with Crippen LogP contribution in [0.25, 0.3) is 0 Å². The molecule has 24 heavy (non-hydrogen) atoms. The van der Waals surface area contributed by atoms with E-state index in [1.807, 2.05) is 30.3 Å². The summed E-state index contributed by atoms with van der Waals surface area (Å²) >= 11 is 5.75. The van der Waals surface area contributed by atoms with Gasteiger partial charge in [-0.15, -0.1) is 0 Å². The van der Waals surface area contributed by atoms with Crippen molar-refractivity contribution in [2.24, 2.45) is 5.10 Å². The summed E-state index contributed by atoms with van der Waals surface area (Å²) in [5, 5.41) is 6.82. The molecule has 0 bridgehead atoms. The predicted octanol–water partition coefficient (Wildman–Crippen LogP) is 1.99. The summed E-state index contributed by atoms with van der Waals surface area (Å²) < 4.78 is 5.26. The summed E-state index contributed by atoms with van der Waals surface area (Å²) in [6.07, 6.45) is 1.52. The lowest BCUT2D eigenvalue weighted by Crippen LogP contribution is -2.37. The molecule has 0 aliphatic heterocycles. The van der Waals surface area contributed by atoms with Gasteiger partial charge in [-0.05, 0) is 29.8 Å². The predicted molar refractivity (Wildman–Crippen MR) is 92.1 cm³/mol. The average molecular weight is 346 g/mol. The Morgan fingerprint density at radius 1 is 1.04 bits per heavy atom. The van der Waals surface area contributed by atoms with Crippen LogP contribution in [0, 0.1) is 0 Å². The largest absolute Gasteiger partial charge is 0.484 e. The number of amides is 2. The first-order chi connectivity index (χ1) is 11.6. The van der Waals surface area contributed by atoms with E-state index in [0.717, 1.165) is 5.56 Å². The van der Waals surface area contributed by atoms with Crippen molar-refractivity contribution in [3.63, 3.8) is 0 Å². The maximum absolute atomic E-state index is 11.6. The first kappa shape index (κ1) is 17.5. The van der Waals surface area contributed by atoms with Gasteiger partial charge in [0.2, 0.25) is 0 Å². The number of nitrogens with zero attached hydrogens (tertiary/aromatic N) is 1. The number of hydrazone groups is 1. The smallest absolute Gasteiger partial charge is 0.259 e. The lowest BCUT2D eigenvalue weighted by atomic mass is 10.2. The van der Waals surface area contributed by atoms with Crippen molar-refractivity contribution in [1.29, 1.82) is 0 Å². The van der Waals surface area contributed by atoms with E-state index < -0.39 is 11.8 Å². The van der Waals surface area contributed by atoms with E-state index >= 15 is 0 Å². The number of carbonyl (C=O) groups is 2. The van der Waals surface area contributed by atoms with Gasteiger partial charge in [-0.1, -0.05) is 41.9 Å². The van der Waals surface area contributed by atoms with Gasteiger partial charge in [0.25, 0.3) is 11.8 Å². The van der Waals surface area contributed by atoms with Gasteiger partial charge in [0.1, 0.15) is 5.75 Å². The number of hydrogen-bond acceptors (Lipinski definition) is 4. The van der Waals surface area contributed by atoms with E-state index in [1.54, 1.807) is 24.3 Å². The highest BCUT2D eigenvalue weighted by atomic mass is 35.5. The molecule has 2 rings (SSSR count). The Labute approximate surface area is 144 Å². The van der Waals surface area contributed by atoms with Crippen LogP contribution in [0.1, 0.15) is 5.56 Å². The van der Waals surface area contributed by atoms with Gasteiger partial charge in [-0.2, -0.15) is 5.10 Å². The highest BCUT2D eigenvalue weighted by molar-refractivity contribution is 6.30. The van der Waals surface area contributed by atoms with Crippen LogP contribution in [0.15, 0.2) is 59.7 Å². The van der Waals surface area contributed by atoms with E-state index in [4.69, 9.17) is 16.3 Å². The standard InChI is InChI=1S/C17H16ClN3O3/c18-14-6-8-15(9-7-14)24-12-17(23)19-11-16(22)21-20-10-13-4-2-1-3-5-13/h1-10H,11-12H2,(H,19,23)(H,21,22)/b20-10-. The molecular formula is C17H16ClN3O3. The normalized spacial score (nSPS) is 10.4. The topological polar surface area (TPSA) is 79.8 Å². The van der Waals surface area contributed by atoms with Crippen molar-refractivity contribution in [1.82, 2.24) is 10.7 Å². The SMILES string of the molecule is O=C(COc1ccc(Cl)cc1)NCC(=O)N/N=C\c1ccccc1. The molecule has 0 aliphatic rings. The Bertz CT molecular complexity index is 703. The first-order valence-electron chi connectivity index (χ1n) is 7.15. The number of rotatable bonds is 7. The molecule has 0 heterocycles. The second kappa shape index (κ2) is 9.32. The van der Waals surface area contributed by atoms with Crippen LogP contribution in [0.2, 0.25) is 5.02 Å². The molecule has 0 saturated heterocycles. The summed E-state index contributed by atoms with van der Waals surface area (Å²) in [6, 6.07) is 15.9. The third kappa shape index (κ3) is 6.50. The molecular weight excluding hydrogens is 330 g/mol. The van der Waals surface area contributed by atoms with E-state index in [9.17, 15) is 9.59 Å². The maximum atomic E-state index is 11.6. The lowest BCUT2D eigenvalue weighted by Gasteiger charge is -2.07. The summed E-state index contributed by atoms with van der Waals surface area (Å²) in [7, 11) is 0. The van der Waals surface area contributed by atoms with Crippen LogP contribution in [0.5, 0.6) is 5.75 Å². The Hall–Kier alpha value is -2.86. The number of benzene rings is 2. The van der Waals surface area contributed by atoms with Crippen LogP contribution in [-0.2, 0) is 9.59 Å². The summed E-state index contributed by atoms with van der Waals surface area (Å²) in [5.74, 6) is -0.319. The second-order valence-corrected chi connectivity index (χ2v) is 5.16. The number of halogens is 1. The molecule has 2 amide bonds. The maximum Gasteiger partial charge on any atom is 0.259 e. The van der Waals surface area contributed by atoms with Crippen molar-refractivity contribution in [2.45, 2.75) is 0 Å². The quantitative estimate of drug-likeness (QED) is 0.595. The molecule has 2 aromatic carbocycles. The highest BCUT2D eigenvalue weighted by Gasteiger charge is 2.05. The summed E-state index contributed by atoms with van der Waals surface area (Å²) in [5.41, 5.74) is 3.19. The van der Waals surface area contributed by atoms with Gasteiger partial charge in [-0.3, -0.25) is 9.59 Å². The zero-order chi connectivity index (χ0) is 17.2. The van der Waals surface area contributed by atoms with Gasteiger partial charge in [0.05, 0.1) is 12.8 Å². The molecule has 0 saturated carbocycles. The molecule has 0 aromatic heterocycles. The molecule has 2 aromatic rings. The zero-order valence-corrected chi connectivity index (χ0v) is 13.5. The lowest BCUT2D eigenvalue weighted by molar-refractivity contribution is -0.127. The first-order valence-corrected chi connectivity index (χ1v) is 7.53. The highest BCUT2D eigenvalue weighted by Crippen LogP contribution is 2.15. The van der Waals surface area contributed by atoms with Crippen molar-refractivity contribution in [3.05, 3.63) is 65.2 Å². The van der Waals surface area contributed by atoms with Gasteiger partial charge < -0.3 is 10.1 Å². The van der Waals surface area contributed by atoms with Gasteiger partial charge in [0.15, 0.2) is 6.61 Å². The third-order valence-corrected chi connectivity index (χ3v) is 3.08. The molecule has 0 fully saturated rings. The molecule has 0 radical (unpaired) electrons. The molecule has 0 spiro atoms. The fourth-order valence-corrected chi connectivity index (χ4v) is 1.79. The number of hydrogen-bond donors (Lipinski definition) is 2. The van der Waals surface area contributed by atoms with Gasteiger partial charge in [-0.25, -0.2) is 5.43 Å². The Morgan fingerprint density at radius 2 is 1.75 bits per heavy atom. The van der Waals surface area contributed by atoms with E-state index in [-0.39, 0.29) is 13.2 Å². The minimum Gasteiger partial charge on any atom is -0.484 e. The Balaban J connectivity index is 1.65. The molecule has 0 aliphatic carbocycles.